The summed E-state index contributed by atoms with van der Waals surface area (Å²) in [5.74, 6) is 0.180. The van der Waals surface area contributed by atoms with Gasteiger partial charge in [0.2, 0.25) is 5.95 Å². The average Bonchev–Trinajstić information content (AvgIpc) is 2.46. The lowest BCUT2D eigenvalue weighted by molar-refractivity contribution is 0.0695. The minimum atomic E-state index is -1.03. The highest BCUT2D eigenvalue weighted by Crippen LogP contribution is 2.23. The summed E-state index contributed by atoms with van der Waals surface area (Å²) in [5.41, 5.74) is 1.42. The van der Waals surface area contributed by atoms with Crippen molar-refractivity contribution < 1.29 is 14.6 Å². The maximum atomic E-state index is 10.9. The molecule has 0 bridgehead atoms. The molecular formula is C14H15N3O3. The molecule has 20 heavy (non-hydrogen) atoms. The third-order valence-electron chi connectivity index (χ3n) is 2.96. The normalized spacial score (nSPS) is 10.2. The molecule has 0 fully saturated rings. The van der Waals surface area contributed by atoms with Gasteiger partial charge in [0.15, 0.2) is 0 Å². The van der Waals surface area contributed by atoms with E-state index in [-0.39, 0.29) is 5.56 Å². The molecule has 6 nitrogen and oxygen atoms in total. The Morgan fingerprint density at radius 1 is 1.30 bits per heavy atom. The molecule has 2 aromatic rings. The molecule has 0 saturated carbocycles. The third kappa shape index (κ3) is 2.69. The molecule has 1 aromatic heterocycles. The van der Waals surface area contributed by atoms with Gasteiger partial charge in [0.1, 0.15) is 5.75 Å². The summed E-state index contributed by atoms with van der Waals surface area (Å²) in [5, 5.41) is 8.96. The van der Waals surface area contributed by atoms with Crippen LogP contribution in [0.5, 0.6) is 5.75 Å². The van der Waals surface area contributed by atoms with E-state index in [2.05, 4.69) is 9.97 Å². The molecule has 1 heterocycles. The van der Waals surface area contributed by atoms with Crippen LogP contribution in [0.25, 0.3) is 0 Å². The Kier molecular flexibility index (Phi) is 3.84. The minimum Gasteiger partial charge on any atom is -0.497 e. The predicted octanol–water partition coefficient (Wildman–Crippen LogP) is 2.26. The average molecular weight is 273 g/mol. The van der Waals surface area contributed by atoms with Crippen LogP contribution in [-0.4, -0.2) is 35.2 Å². The Hall–Kier alpha value is -2.63. The van der Waals surface area contributed by atoms with E-state index < -0.39 is 5.97 Å². The molecule has 0 unspecified atom stereocenters. The smallest absolute Gasteiger partial charge is 0.339 e. The van der Waals surface area contributed by atoms with Crippen molar-refractivity contribution in [3.8, 4) is 5.75 Å². The fourth-order valence-corrected chi connectivity index (χ4v) is 1.75. The number of aryl methyl sites for hydroxylation is 1. The number of carboxylic acids is 1. The van der Waals surface area contributed by atoms with Gasteiger partial charge in [-0.15, -0.1) is 0 Å². The SMILES string of the molecule is COc1ccc(N(C)c2ncc(C(=O)O)c(C)n2)cc1. The first kappa shape index (κ1) is 13.8. The summed E-state index contributed by atoms with van der Waals surface area (Å²) >= 11 is 0. The summed E-state index contributed by atoms with van der Waals surface area (Å²) in [4.78, 5) is 21.0. The second kappa shape index (κ2) is 5.56. The zero-order valence-electron chi connectivity index (χ0n) is 11.5. The highest BCUT2D eigenvalue weighted by atomic mass is 16.5. The molecule has 0 atom stereocenters. The molecule has 0 saturated heterocycles. The Morgan fingerprint density at radius 3 is 2.45 bits per heavy atom. The van der Waals surface area contributed by atoms with Crippen LogP contribution in [0.4, 0.5) is 11.6 Å². The van der Waals surface area contributed by atoms with Gasteiger partial charge in [-0.25, -0.2) is 14.8 Å². The van der Waals surface area contributed by atoms with Gasteiger partial charge < -0.3 is 14.7 Å². The third-order valence-corrected chi connectivity index (χ3v) is 2.96. The van der Waals surface area contributed by atoms with Crippen LogP contribution in [0, 0.1) is 6.92 Å². The maximum Gasteiger partial charge on any atom is 0.339 e. The van der Waals surface area contributed by atoms with Crippen LogP contribution in [0.1, 0.15) is 16.1 Å². The quantitative estimate of drug-likeness (QED) is 0.920. The number of methoxy groups -OCH3 is 1. The number of hydrogen-bond acceptors (Lipinski definition) is 5. The standard InChI is InChI=1S/C14H15N3O3/c1-9-12(13(18)19)8-15-14(16-9)17(2)10-4-6-11(20-3)7-5-10/h4-8H,1-3H3,(H,18,19). The molecule has 0 aliphatic rings. The molecular weight excluding hydrogens is 258 g/mol. The Balaban J connectivity index is 2.30. The van der Waals surface area contributed by atoms with Crippen molar-refractivity contribution in [1.82, 2.24) is 9.97 Å². The molecule has 0 aliphatic carbocycles. The first-order valence-corrected chi connectivity index (χ1v) is 5.97. The van der Waals surface area contributed by atoms with E-state index in [0.29, 0.717) is 11.6 Å². The zero-order valence-corrected chi connectivity index (χ0v) is 11.5. The Labute approximate surface area is 116 Å². The summed E-state index contributed by atoms with van der Waals surface area (Å²) < 4.78 is 5.10. The Bertz CT molecular complexity index is 626. The van der Waals surface area contributed by atoms with E-state index in [1.54, 1.807) is 18.9 Å². The van der Waals surface area contributed by atoms with Gasteiger partial charge in [-0.1, -0.05) is 0 Å². The fraction of sp³-hybridized carbons (Fsp3) is 0.214. The summed E-state index contributed by atoms with van der Waals surface area (Å²) in [7, 11) is 3.42. The first-order chi connectivity index (χ1) is 9.52. The largest absolute Gasteiger partial charge is 0.497 e. The number of aromatic carboxylic acids is 1. The number of rotatable bonds is 4. The molecule has 6 heteroatoms. The highest BCUT2D eigenvalue weighted by Gasteiger charge is 2.13. The Morgan fingerprint density at radius 2 is 1.95 bits per heavy atom. The van der Waals surface area contributed by atoms with E-state index in [0.717, 1.165) is 11.4 Å². The number of benzene rings is 1. The zero-order chi connectivity index (χ0) is 14.7. The number of carbonyl (C=O) groups is 1. The lowest BCUT2D eigenvalue weighted by atomic mass is 10.2. The second-order valence-corrected chi connectivity index (χ2v) is 4.23. The minimum absolute atomic E-state index is 0.108. The van der Waals surface area contributed by atoms with Crippen molar-refractivity contribution in [3.05, 3.63) is 41.7 Å². The molecule has 0 amide bonds. The maximum absolute atomic E-state index is 10.9. The van der Waals surface area contributed by atoms with Crippen molar-refractivity contribution >= 4 is 17.6 Å². The number of ether oxygens (including phenoxy) is 1. The number of nitrogens with zero attached hydrogens (tertiary/aromatic N) is 3. The van der Waals surface area contributed by atoms with E-state index in [4.69, 9.17) is 9.84 Å². The molecule has 0 radical (unpaired) electrons. The van der Waals surface area contributed by atoms with Gasteiger partial charge in [0, 0.05) is 18.9 Å². The first-order valence-electron chi connectivity index (χ1n) is 5.97. The van der Waals surface area contributed by atoms with Gasteiger partial charge in [-0.2, -0.15) is 0 Å². The summed E-state index contributed by atoms with van der Waals surface area (Å²) in [6.07, 6.45) is 1.32. The summed E-state index contributed by atoms with van der Waals surface area (Å²) in [6, 6.07) is 7.43. The van der Waals surface area contributed by atoms with Crippen LogP contribution in [-0.2, 0) is 0 Å². The number of hydrogen-bond donors (Lipinski definition) is 1. The molecule has 2 rings (SSSR count). The van der Waals surface area contributed by atoms with Crippen LogP contribution >= 0.6 is 0 Å². The van der Waals surface area contributed by atoms with E-state index in [1.165, 1.54) is 6.20 Å². The van der Waals surface area contributed by atoms with Gasteiger partial charge in [0.25, 0.3) is 0 Å². The van der Waals surface area contributed by atoms with Crippen molar-refractivity contribution in [2.45, 2.75) is 6.92 Å². The topological polar surface area (TPSA) is 75.5 Å². The van der Waals surface area contributed by atoms with Crippen molar-refractivity contribution in [1.29, 1.82) is 0 Å². The van der Waals surface area contributed by atoms with E-state index >= 15 is 0 Å². The molecule has 104 valence electrons. The van der Waals surface area contributed by atoms with Crippen LogP contribution < -0.4 is 9.64 Å². The van der Waals surface area contributed by atoms with Gasteiger partial charge in [0.05, 0.1) is 18.4 Å². The van der Waals surface area contributed by atoms with Crippen molar-refractivity contribution in [2.24, 2.45) is 0 Å². The van der Waals surface area contributed by atoms with Crippen LogP contribution in [0.3, 0.4) is 0 Å². The van der Waals surface area contributed by atoms with Crippen LogP contribution in [0.15, 0.2) is 30.5 Å². The molecule has 0 aliphatic heterocycles. The van der Waals surface area contributed by atoms with Crippen molar-refractivity contribution in [3.63, 3.8) is 0 Å². The van der Waals surface area contributed by atoms with Crippen molar-refractivity contribution in [2.75, 3.05) is 19.1 Å². The second-order valence-electron chi connectivity index (χ2n) is 4.23. The number of anilines is 2. The monoisotopic (exact) mass is 273 g/mol. The van der Waals surface area contributed by atoms with Gasteiger partial charge >= 0.3 is 5.97 Å². The molecule has 1 N–H and O–H groups in total. The highest BCUT2D eigenvalue weighted by molar-refractivity contribution is 5.88. The number of carboxylic acid groups (broad SMARTS) is 1. The molecule has 0 spiro atoms. The summed E-state index contributed by atoms with van der Waals surface area (Å²) in [6.45, 7) is 1.65. The van der Waals surface area contributed by atoms with Gasteiger partial charge in [-0.3, -0.25) is 0 Å². The lowest BCUT2D eigenvalue weighted by Gasteiger charge is -2.18. The van der Waals surface area contributed by atoms with Gasteiger partial charge in [-0.05, 0) is 31.2 Å². The van der Waals surface area contributed by atoms with E-state index in [9.17, 15) is 4.79 Å². The predicted molar refractivity (Wildman–Crippen MR) is 74.8 cm³/mol. The number of aromatic nitrogens is 2. The lowest BCUT2D eigenvalue weighted by Crippen LogP contribution is -2.15. The fourth-order valence-electron chi connectivity index (χ4n) is 1.75. The van der Waals surface area contributed by atoms with E-state index in [1.807, 2.05) is 31.3 Å². The molecule has 1 aromatic carbocycles. The van der Waals surface area contributed by atoms with Crippen LogP contribution in [0.2, 0.25) is 0 Å².